The number of hydrogen-bond donors (Lipinski definition) is 2. The first kappa shape index (κ1) is 17.1. The monoisotopic (exact) mass is 324 g/mol. The highest BCUT2D eigenvalue weighted by molar-refractivity contribution is 7.14. The Morgan fingerprint density at radius 3 is 2.64 bits per heavy atom. The standard InChI is InChI=1S/C16H28N4OS/c1-4-17-15(18-12-16(2,3)13-21)20-9-7-19(8-10-20)14-6-5-11-22-14/h5-6,11,21H,4,7-10,12-13H2,1-3H3,(H,17,18). The lowest BCUT2D eigenvalue weighted by Gasteiger charge is -2.37. The Morgan fingerprint density at radius 1 is 1.36 bits per heavy atom. The molecule has 1 aliphatic rings. The minimum atomic E-state index is -0.167. The molecule has 0 spiro atoms. The summed E-state index contributed by atoms with van der Waals surface area (Å²) in [5.41, 5.74) is -0.167. The summed E-state index contributed by atoms with van der Waals surface area (Å²) in [6.07, 6.45) is 0. The largest absolute Gasteiger partial charge is 0.396 e. The minimum absolute atomic E-state index is 0.155. The fourth-order valence-corrected chi connectivity index (χ4v) is 3.14. The van der Waals surface area contributed by atoms with Gasteiger partial charge in [-0.1, -0.05) is 13.8 Å². The van der Waals surface area contributed by atoms with Crippen LogP contribution in [0, 0.1) is 5.41 Å². The van der Waals surface area contributed by atoms with E-state index in [1.807, 2.05) is 13.8 Å². The van der Waals surface area contributed by atoms with E-state index in [1.165, 1.54) is 5.00 Å². The average Bonchev–Trinajstić information content (AvgIpc) is 3.06. The fourth-order valence-electron chi connectivity index (χ4n) is 2.35. The molecular weight excluding hydrogens is 296 g/mol. The Balaban J connectivity index is 1.94. The number of guanidine groups is 1. The summed E-state index contributed by atoms with van der Waals surface area (Å²) in [5, 5.41) is 16.2. The zero-order valence-corrected chi connectivity index (χ0v) is 14.7. The van der Waals surface area contributed by atoms with Crippen LogP contribution in [0.5, 0.6) is 0 Å². The molecule has 0 atom stereocenters. The lowest BCUT2D eigenvalue weighted by Crippen LogP contribution is -2.52. The number of aliphatic hydroxyl groups excluding tert-OH is 1. The van der Waals surface area contributed by atoms with Crippen molar-refractivity contribution in [3.63, 3.8) is 0 Å². The normalized spacial score (nSPS) is 17.0. The number of nitrogens with zero attached hydrogens (tertiary/aromatic N) is 3. The summed E-state index contributed by atoms with van der Waals surface area (Å²) in [7, 11) is 0. The molecule has 0 radical (unpaired) electrons. The molecule has 1 fully saturated rings. The second-order valence-corrected chi connectivity index (χ2v) is 7.34. The van der Waals surface area contributed by atoms with Crippen LogP contribution in [0.3, 0.4) is 0 Å². The van der Waals surface area contributed by atoms with Gasteiger partial charge in [0.15, 0.2) is 5.96 Å². The van der Waals surface area contributed by atoms with E-state index in [4.69, 9.17) is 4.99 Å². The molecule has 0 aromatic carbocycles. The van der Waals surface area contributed by atoms with Crippen LogP contribution in [-0.4, -0.2) is 61.8 Å². The maximum absolute atomic E-state index is 9.38. The van der Waals surface area contributed by atoms with Crippen molar-refractivity contribution in [2.75, 3.05) is 50.8 Å². The Bertz CT molecular complexity index is 465. The van der Waals surface area contributed by atoms with E-state index in [0.717, 1.165) is 38.7 Å². The number of piperazine rings is 1. The second-order valence-electron chi connectivity index (χ2n) is 6.42. The number of anilines is 1. The zero-order valence-electron chi connectivity index (χ0n) is 13.9. The molecule has 1 aliphatic heterocycles. The van der Waals surface area contributed by atoms with Gasteiger partial charge in [-0.15, -0.1) is 11.3 Å². The topological polar surface area (TPSA) is 51.1 Å². The smallest absolute Gasteiger partial charge is 0.194 e. The molecule has 1 aromatic rings. The van der Waals surface area contributed by atoms with Crippen molar-refractivity contribution in [2.45, 2.75) is 20.8 Å². The molecule has 6 heteroatoms. The molecule has 22 heavy (non-hydrogen) atoms. The third kappa shape index (κ3) is 4.61. The van der Waals surface area contributed by atoms with E-state index in [2.05, 4.69) is 39.6 Å². The van der Waals surface area contributed by atoms with E-state index in [-0.39, 0.29) is 12.0 Å². The van der Waals surface area contributed by atoms with Crippen molar-refractivity contribution < 1.29 is 5.11 Å². The van der Waals surface area contributed by atoms with Crippen LogP contribution in [-0.2, 0) is 0 Å². The van der Waals surface area contributed by atoms with Gasteiger partial charge in [0.25, 0.3) is 0 Å². The van der Waals surface area contributed by atoms with E-state index >= 15 is 0 Å². The van der Waals surface area contributed by atoms with Crippen molar-refractivity contribution in [3.8, 4) is 0 Å². The van der Waals surface area contributed by atoms with Crippen LogP contribution < -0.4 is 10.2 Å². The average molecular weight is 324 g/mol. The van der Waals surface area contributed by atoms with Crippen LogP contribution in [0.4, 0.5) is 5.00 Å². The van der Waals surface area contributed by atoms with Gasteiger partial charge in [-0.2, -0.15) is 0 Å². The van der Waals surface area contributed by atoms with Gasteiger partial charge in [0.1, 0.15) is 0 Å². The van der Waals surface area contributed by atoms with E-state index in [1.54, 1.807) is 11.3 Å². The summed E-state index contributed by atoms with van der Waals surface area (Å²) in [6.45, 7) is 11.8. The lowest BCUT2D eigenvalue weighted by atomic mass is 9.95. The predicted molar refractivity (Wildman–Crippen MR) is 95.0 cm³/mol. The summed E-state index contributed by atoms with van der Waals surface area (Å²) in [4.78, 5) is 9.48. The SMILES string of the molecule is CCNC(=NCC(C)(C)CO)N1CCN(c2cccs2)CC1. The number of rotatable bonds is 5. The van der Waals surface area contributed by atoms with E-state index in [0.29, 0.717) is 6.54 Å². The van der Waals surface area contributed by atoms with Gasteiger partial charge in [-0.3, -0.25) is 4.99 Å². The number of aliphatic hydroxyl groups is 1. The maximum atomic E-state index is 9.38. The van der Waals surface area contributed by atoms with Gasteiger partial charge in [0.05, 0.1) is 11.5 Å². The molecule has 1 aromatic heterocycles. The van der Waals surface area contributed by atoms with Gasteiger partial charge in [0.2, 0.25) is 0 Å². The minimum Gasteiger partial charge on any atom is -0.396 e. The number of hydrogen-bond acceptors (Lipinski definition) is 4. The van der Waals surface area contributed by atoms with Crippen molar-refractivity contribution in [2.24, 2.45) is 10.4 Å². The Labute approximate surface area is 137 Å². The fraction of sp³-hybridized carbons (Fsp3) is 0.688. The van der Waals surface area contributed by atoms with Crippen molar-refractivity contribution in [1.29, 1.82) is 0 Å². The van der Waals surface area contributed by atoms with E-state index in [9.17, 15) is 5.11 Å². The molecule has 2 N–H and O–H groups in total. The van der Waals surface area contributed by atoms with Gasteiger partial charge in [-0.25, -0.2) is 0 Å². The molecule has 2 rings (SSSR count). The van der Waals surface area contributed by atoms with Crippen molar-refractivity contribution in [3.05, 3.63) is 17.5 Å². The zero-order chi connectivity index (χ0) is 16.0. The van der Waals surface area contributed by atoms with Crippen LogP contribution in [0.15, 0.2) is 22.5 Å². The van der Waals surface area contributed by atoms with Gasteiger partial charge >= 0.3 is 0 Å². The third-order valence-electron chi connectivity index (χ3n) is 3.82. The Kier molecular flexibility index (Phi) is 6.08. The molecule has 0 saturated carbocycles. The third-order valence-corrected chi connectivity index (χ3v) is 4.75. The molecule has 0 unspecified atom stereocenters. The number of thiophene rings is 1. The van der Waals surface area contributed by atoms with Gasteiger partial charge in [-0.05, 0) is 24.4 Å². The summed E-state index contributed by atoms with van der Waals surface area (Å²) in [5.74, 6) is 0.967. The molecule has 0 bridgehead atoms. The molecular formula is C16H28N4OS. The predicted octanol–water partition coefficient (Wildman–Crippen LogP) is 1.85. The molecule has 0 aliphatic carbocycles. The molecule has 1 saturated heterocycles. The first-order valence-electron chi connectivity index (χ1n) is 7.98. The molecule has 2 heterocycles. The number of aliphatic imine (C=N–C) groups is 1. The summed E-state index contributed by atoms with van der Waals surface area (Å²) < 4.78 is 0. The van der Waals surface area contributed by atoms with Crippen LogP contribution in [0.25, 0.3) is 0 Å². The van der Waals surface area contributed by atoms with Crippen molar-refractivity contribution >= 4 is 22.3 Å². The first-order valence-corrected chi connectivity index (χ1v) is 8.86. The summed E-state index contributed by atoms with van der Waals surface area (Å²) >= 11 is 1.80. The van der Waals surface area contributed by atoms with Crippen molar-refractivity contribution in [1.82, 2.24) is 10.2 Å². The highest BCUT2D eigenvalue weighted by atomic mass is 32.1. The Hall–Kier alpha value is -1.27. The molecule has 0 amide bonds. The molecule has 5 nitrogen and oxygen atoms in total. The first-order chi connectivity index (χ1) is 10.6. The quantitative estimate of drug-likeness (QED) is 0.641. The highest BCUT2D eigenvalue weighted by Gasteiger charge is 2.22. The lowest BCUT2D eigenvalue weighted by molar-refractivity contribution is 0.166. The van der Waals surface area contributed by atoms with Gasteiger partial charge in [0, 0.05) is 44.7 Å². The highest BCUT2D eigenvalue weighted by Crippen LogP contribution is 2.22. The summed E-state index contributed by atoms with van der Waals surface area (Å²) in [6, 6.07) is 4.29. The van der Waals surface area contributed by atoms with Gasteiger partial charge < -0.3 is 20.2 Å². The van der Waals surface area contributed by atoms with Crippen LogP contribution >= 0.6 is 11.3 Å². The molecule has 124 valence electrons. The van der Waals surface area contributed by atoms with Crippen LogP contribution in [0.2, 0.25) is 0 Å². The second kappa shape index (κ2) is 7.83. The number of nitrogens with one attached hydrogen (secondary N) is 1. The van der Waals surface area contributed by atoms with E-state index < -0.39 is 0 Å². The van der Waals surface area contributed by atoms with Crippen LogP contribution in [0.1, 0.15) is 20.8 Å². The maximum Gasteiger partial charge on any atom is 0.194 e. The Morgan fingerprint density at radius 2 is 2.09 bits per heavy atom.